The second-order valence-corrected chi connectivity index (χ2v) is 3.48. The predicted octanol–water partition coefficient (Wildman–Crippen LogP) is 1.41. The first-order valence-corrected chi connectivity index (χ1v) is 5.01. The minimum absolute atomic E-state index is 0.0944. The highest BCUT2D eigenvalue weighted by Crippen LogP contribution is 2.23. The molecule has 1 aliphatic heterocycles. The van der Waals surface area contributed by atoms with Crippen molar-refractivity contribution in [2.45, 2.75) is 18.9 Å². The SMILES string of the molecule is O=C(O)CCC1=CC(c2ccccn2)ON1. The van der Waals surface area contributed by atoms with Crippen LogP contribution in [-0.2, 0) is 9.63 Å². The lowest BCUT2D eigenvalue weighted by molar-refractivity contribution is -0.137. The molecule has 0 fully saturated rings. The molecule has 0 saturated carbocycles. The van der Waals surface area contributed by atoms with Crippen LogP contribution in [-0.4, -0.2) is 16.1 Å². The van der Waals surface area contributed by atoms with Crippen LogP contribution < -0.4 is 5.48 Å². The number of aliphatic carboxylic acids is 1. The summed E-state index contributed by atoms with van der Waals surface area (Å²) in [6.07, 6.45) is 3.85. The summed E-state index contributed by atoms with van der Waals surface area (Å²) in [5.74, 6) is -0.816. The lowest BCUT2D eigenvalue weighted by Gasteiger charge is -2.05. The van der Waals surface area contributed by atoms with Crippen LogP contribution in [0.2, 0.25) is 0 Å². The number of hydrogen-bond acceptors (Lipinski definition) is 4. The average molecular weight is 220 g/mol. The Kier molecular flexibility index (Phi) is 3.16. The van der Waals surface area contributed by atoms with Gasteiger partial charge >= 0.3 is 5.97 Å². The fraction of sp³-hybridized carbons (Fsp3) is 0.273. The first-order chi connectivity index (χ1) is 7.75. The number of carbonyl (C=O) groups is 1. The summed E-state index contributed by atoms with van der Waals surface area (Å²) >= 11 is 0. The smallest absolute Gasteiger partial charge is 0.303 e. The zero-order valence-electron chi connectivity index (χ0n) is 8.59. The van der Waals surface area contributed by atoms with Crippen molar-refractivity contribution in [1.82, 2.24) is 10.5 Å². The van der Waals surface area contributed by atoms with Gasteiger partial charge in [0.25, 0.3) is 0 Å². The third kappa shape index (κ3) is 2.58. The van der Waals surface area contributed by atoms with Crippen molar-refractivity contribution in [3.05, 3.63) is 41.9 Å². The lowest BCUT2D eigenvalue weighted by atomic mass is 10.1. The van der Waals surface area contributed by atoms with E-state index in [0.717, 1.165) is 11.4 Å². The third-order valence-corrected chi connectivity index (χ3v) is 2.26. The average Bonchev–Trinajstić information content (AvgIpc) is 2.76. The van der Waals surface area contributed by atoms with E-state index < -0.39 is 5.97 Å². The Labute approximate surface area is 92.7 Å². The molecule has 1 aromatic rings. The number of carboxylic acids is 1. The van der Waals surface area contributed by atoms with Crippen LogP contribution in [0.4, 0.5) is 0 Å². The summed E-state index contributed by atoms with van der Waals surface area (Å²) in [5, 5.41) is 8.55. The van der Waals surface area contributed by atoms with E-state index >= 15 is 0 Å². The summed E-state index contributed by atoms with van der Waals surface area (Å²) in [6.45, 7) is 0. The van der Waals surface area contributed by atoms with Gasteiger partial charge in [-0.15, -0.1) is 0 Å². The molecule has 2 heterocycles. The number of pyridine rings is 1. The van der Waals surface area contributed by atoms with E-state index in [-0.39, 0.29) is 12.5 Å². The highest BCUT2D eigenvalue weighted by atomic mass is 16.7. The van der Waals surface area contributed by atoms with Crippen molar-refractivity contribution in [1.29, 1.82) is 0 Å². The number of allylic oxidation sites excluding steroid dienone is 1. The van der Waals surface area contributed by atoms with Gasteiger partial charge in [-0.2, -0.15) is 0 Å². The minimum atomic E-state index is -0.816. The maximum atomic E-state index is 10.4. The molecule has 2 rings (SSSR count). The van der Waals surface area contributed by atoms with E-state index in [9.17, 15) is 4.79 Å². The van der Waals surface area contributed by atoms with Crippen LogP contribution in [0.1, 0.15) is 24.6 Å². The number of aromatic nitrogens is 1. The van der Waals surface area contributed by atoms with Gasteiger partial charge in [-0.1, -0.05) is 6.07 Å². The molecule has 0 aliphatic carbocycles. The normalized spacial score (nSPS) is 19.0. The van der Waals surface area contributed by atoms with Crippen molar-refractivity contribution >= 4 is 5.97 Å². The Bertz CT molecular complexity index is 403. The minimum Gasteiger partial charge on any atom is -0.481 e. The fourth-order valence-electron chi connectivity index (χ4n) is 1.46. The van der Waals surface area contributed by atoms with Gasteiger partial charge in [0.2, 0.25) is 0 Å². The lowest BCUT2D eigenvalue weighted by Crippen LogP contribution is -2.09. The molecular formula is C11H12N2O3. The Balaban J connectivity index is 1.98. The van der Waals surface area contributed by atoms with E-state index in [2.05, 4.69) is 10.5 Å². The molecule has 1 unspecified atom stereocenters. The Morgan fingerprint density at radius 3 is 3.12 bits per heavy atom. The van der Waals surface area contributed by atoms with Crippen molar-refractivity contribution in [2.24, 2.45) is 0 Å². The van der Waals surface area contributed by atoms with Gasteiger partial charge in [0.05, 0.1) is 12.1 Å². The number of hydrogen-bond donors (Lipinski definition) is 2. The monoisotopic (exact) mass is 220 g/mol. The third-order valence-electron chi connectivity index (χ3n) is 2.26. The van der Waals surface area contributed by atoms with Crippen LogP contribution in [0.5, 0.6) is 0 Å². The molecule has 0 amide bonds. The number of nitrogens with zero attached hydrogens (tertiary/aromatic N) is 1. The summed E-state index contributed by atoms with van der Waals surface area (Å²) in [5.41, 5.74) is 4.31. The molecule has 0 aromatic carbocycles. The molecule has 84 valence electrons. The van der Waals surface area contributed by atoms with Gasteiger partial charge in [-0.3, -0.25) is 20.1 Å². The van der Waals surface area contributed by atoms with Gasteiger partial charge in [-0.05, 0) is 24.6 Å². The zero-order valence-corrected chi connectivity index (χ0v) is 8.59. The van der Waals surface area contributed by atoms with Gasteiger partial charge in [-0.25, -0.2) is 0 Å². The van der Waals surface area contributed by atoms with E-state index in [4.69, 9.17) is 9.94 Å². The van der Waals surface area contributed by atoms with Crippen molar-refractivity contribution < 1.29 is 14.7 Å². The molecular weight excluding hydrogens is 208 g/mol. The van der Waals surface area contributed by atoms with Gasteiger partial charge in [0.1, 0.15) is 6.10 Å². The highest BCUT2D eigenvalue weighted by Gasteiger charge is 2.19. The maximum absolute atomic E-state index is 10.4. The van der Waals surface area contributed by atoms with Gasteiger partial charge in [0, 0.05) is 11.9 Å². The van der Waals surface area contributed by atoms with Crippen molar-refractivity contribution in [3.63, 3.8) is 0 Å². The summed E-state index contributed by atoms with van der Waals surface area (Å²) in [6, 6.07) is 5.58. The predicted molar refractivity (Wildman–Crippen MR) is 56.2 cm³/mol. The summed E-state index contributed by atoms with van der Waals surface area (Å²) < 4.78 is 0. The van der Waals surface area contributed by atoms with Crippen molar-refractivity contribution in [2.75, 3.05) is 0 Å². The van der Waals surface area contributed by atoms with Crippen LogP contribution >= 0.6 is 0 Å². The Hall–Kier alpha value is -1.88. The standard InChI is InChI=1S/C11H12N2O3/c14-11(15)5-4-8-7-10(16-13-8)9-3-1-2-6-12-9/h1-3,6-7,10,13H,4-5H2,(H,14,15). The van der Waals surface area contributed by atoms with E-state index in [1.807, 2.05) is 24.3 Å². The van der Waals surface area contributed by atoms with Crippen molar-refractivity contribution in [3.8, 4) is 0 Å². The van der Waals surface area contributed by atoms with Crippen LogP contribution in [0.15, 0.2) is 36.2 Å². The molecule has 5 nitrogen and oxygen atoms in total. The van der Waals surface area contributed by atoms with E-state index in [0.29, 0.717) is 6.42 Å². The van der Waals surface area contributed by atoms with Gasteiger partial charge in [0.15, 0.2) is 0 Å². The van der Waals surface area contributed by atoms with Crippen LogP contribution in [0.3, 0.4) is 0 Å². The van der Waals surface area contributed by atoms with E-state index in [1.165, 1.54) is 0 Å². The number of hydroxylamine groups is 1. The second-order valence-electron chi connectivity index (χ2n) is 3.48. The summed E-state index contributed by atoms with van der Waals surface area (Å²) in [4.78, 5) is 19.8. The Morgan fingerprint density at radius 1 is 1.56 bits per heavy atom. The molecule has 0 radical (unpaired) electrons. The molecule has 0 saturated heterocycles. The molecule has 1 aliphatic rings. The fourth-order valence-corrected chi connectivity index (χ4v) is 1.46. The van der Waals surface area contributed by atoms with E-state index in [1.54, 1.807) is 6.20 Å². The Morgan fingerprint density at radius 2 is 2.44 bits per heavy atom. The molecule has 16 heavy (non-hydrogen) atoms. The van der Waals surface area contributed by atoms with Gasteiger partial charge < -0.3 is 5.11 Å². The quantitative estimate of drug-likeness (QED) is 0.802. The number of nitrogens with one attached hydrogen (secondary N) is 1. The largest absolute Gasteiger partial charge is 0.481 e. The number of carboxylic acid groups (broad SMARTS) is 1. The molecule has 5 heteroatoms. The maximum Gasteiger partial charge on any atom is 0.303 e. The molecule has 1 aromatic heterocycles. The molecule has 1 atom stereocenters. The van der Waals surface area contributed by atoms with Crippen LogP contribution in [0.25, 0.3) is 0 Å². The number of rotatable bonds is 4. The molecule has 0 spiro atoms. The first-order valence-electron chi connectivity index (χ1n) is 5.01. The first kappa shape index (κ1) is 10.6. The second kappa shape index (κ2) is 4.76. The van der Waals surface area contributed by atoms with Crippen LogP contribution in [0, 0.1) is 0 Å². The zero-order chi connectivity index (χ0) is 11.4. The molecule has 0 bridgehead atoms. The molecule has 2 N–H and O–H groups in total. The summed E-state index contributed by atoms with van der Waals surface area (Å²) in [7, 11) is 0. The topological polar surface area (TPSA) is 71.5 Å². The highest BCUT2D eigenvalue weighted by molar-refractivity contribution is 5.67.